The van der Waals surface area contributed by atoms with Crippen molar-refractivity contribution in [3.8, 4) is 0 Å². The minimum atomic E-state index is -0.558. The fourth-order valence-corrected chi connectivity index (χ4v) is 3.42. The van der Waals surface area contributed by atoms with Crippen molar-refractivity contribution in [1.29, 1.82) is 0 Å². The predicted octanol–water partition coefficient (Wildman–Crippen LogP) is 3.08. The molecule has 0 N–H and O–H groups in total. The van der Waals surface area contributed by atoms with Gasteiger partial charge >= 0.3 is 7.12 Å². The molecule has 0 aromatic carbocycles. The summed E-state index contributed by atoms with van der Waals surface area (Å²) in [4.78, 5) is 4.50. The van der Waals surface area contributed by atoms with E-state index in [1.165, 1.54) is 0 Å². The SMILES string of the molecule is CC1(C)OB(c2nn(C3CCCCO3)c3ncc(Cl)cc23)OC1(C)C. The van der Waals surface area contributed by atoms with Crippen molar-refractivity contribution in [3.63, 3.8) is 0 Å². The van der Waals surface area contributed by atoms with Crippen molar-refractivity contribution in [2.45, 2.75) is 64.4 Å². The molecule has 0 spiro atoms. The average molecular weight is 364 g/mol. The molecule has 2 saturated heterocycles. The third-order valence-electron chi connectivity index (χ3n) is 5.45. The van der Waals surface area contributed by atoms with Crippen LogP contribution in [0.3, 0.4) is 0 Å². The zero-order valence-electron chi connectivity index (χ0n) is 15.1. The first-order valence-electron chi connectivity index (χ1n) is 8.79. The summed E-state index contributed by atoms with van der Waals surface area (Å²) in [5.74, 6) is 0. The fourth-order valence-electron chi connectivity index (χ4n) is 3.27. The van der Waals surface area contributed by atoms with Crippen LogP contribution < -0.4 is 5.59 Å². The Hall–Kier alpha value is -1.15. The van der Waals surface area contributed by atoms with E-state index in [9.17, 15) is 0 Å². The number of hydrogen-bond acceptors (Lipinski definition) is 5. The van der Waals surface area contributed by atoms with Gasteiger partial charge in [-0.05, 0) is 53.0 Å². The molecule has 2 aromatic rings. The lowest BCUT2D eigenvalue weighted by Gasteiger charge is -2.32. The van der Waals surface area contributed by atoms with Crippen molar-refractivity contribution >= 4 is 35.3 Å². The van der Waals surface area contributed by atoms with Crippen LogP contribution >= 0.6 is 11.6 Å². The summed E-state index contributed by atoms with van der Waals surface area (Å²) in [6.07, 6.45) is 4.65. The maximum absolute atomic E-state index is 6.19. The van der Waals surface area contributed by atoms with Gasteiger partial charge in [-0.15, -0.1) is 0 Å². The number of aromatic nitrogens is 3. The lowest BCUT2D eigenvalue weighted by atomic mass is 9.83. The number of nitrogens with zero attached hydrogens (tertiary/aromatic N) is 3. The van der Waals surface area contributed by atoms with E-state index in [0.29, 0.717) is 10.6 Å². The van der Waals surface area contributed by atoms with Crippen molar-refractivity contribution in [3.05, 3.63) is 17.3 Å². The molecule has 8 heteroatoms. The molecule has 2 aromatic heterocycles. The molecule has 2 aliphatic rings. The number of hydrogen-bond donors (Lipinski definition) is 0. The van der Waals surface area contributed by atoms with Gasteiger partial charge in [-0.25, -0.2) is 9.67 Å². The summed E-state index contributed by atoms with van der Waals surface area (Å²) >= 11 is 6.19. The molecule has 0 radical (unpaired) electrons. The first-order chi connectivity index (χ1) is 11.8. The van der Waals surface area contributed by atoms with Crippen molar-refractivity contribution in [1.82, 2.24) is 14.8 Å². The first kappa shape index (κ1) is 17.3. The van der Waals surface area contributed by atoms with E-state index in [0.717, 1.165) is 36.9 Å². The molecular formula is C17H23BClN3O3. The van der Waals surface area contributed by atoms with Gasteiger partial charge in [0.1, 0.15) is 5.59 Å². The number of ether oxygens (including phenoxy) is 1. The van der Waals surface area contributed by atoms with Gasteiger partial charge in [-0.2, -0.15) is 5.10 Å². The van der Waals surface area contributed by atoms with Crippen LogP contribution in [0.2, 0.25) is 5.02 Å². The quantitative estimate of drug-likeness (QED) is 0.767. The highest BCUT2D eigenvalue weighted by Crippen LogP contribution is 2.37. The summed E-state index contributed by atoms with van der Waals surface area (Å²) in [5.41, 5.74) is 0.598. The minimum absolute atomic E-state index is 0.110. The Bertz CT molecular complexity index is 786. The second kappa shape index (κ2) is 5.94. The molecule has 1 unspecified atom stereocenters. The Morgan fingerprint density at radius 2 is 1.92 bits per heavy atom. The van der Waals surface area contributed by atoms with Crippen LogP contribution in [0.25, 0.3) is 11.0 Å². The van der Waals surface area contributed by atoms with Crippen molar-refractivity contribution < 1.29 is 14.0 Å². The highest BCUT2D eigenvalue weighted by molar-refractivity contribution is 6.64. The highest BCUT2D eigenvalue weighted by Gasteiger charge is 2.53. The summed E-state index contributed by atoms with van der Waals surface area (Å²) in [7, 11) is -0.558. The van der Waals surface area contributed by atoms with E-state index in [4.69, 9.17) is 30.7 Å². The average Bonchev–Trinajstić information content (AvgIpc) is 3.02. The van der Waals surface area contributed by atoms with Crippen molar-refractivity contribution in [2.75, 3.05) is 6.61 Å². The first-order valence-corrected chi connectivity index (χ1v) is 9.17. The van der Waals surface area contributed by atoms with Crippen LogP contribution in [-0.2, 0) is 14.0 Å². The molecule has 2 aliphatic heterocycles. The van der Waals surface area contributed by atoms with E-state index in [1.54, 1.807) is 6.20 Å². The lowest BCUT2D eigenvalue weighted by molar-refractivity contribution is -0.0368. The number of rotatable bonds is 2. The van der Waals surface area contributed by atoms with Crippen LogP contribution in [0.4, 0.5) is 0 Å². The molecule has 134 valence electrons. The summed E-state index contributed by atoms with van der Waals surface area (Å²) in [5, 5.41) is 6.20. The Morgan fingerprint density at radius 3 is 2.56 bits per heavy atom. The number of pyridine rings is 1. The Kier molecular flexibility index (Phi) is 4.11. The molecule has 4 rings (SSSR count). The largest absolute Gasteiger partial charge is 0.517 e. The molecule has 0 aliphatic carbocycles. The molecule has 2 fully saturated rings. The Morgan fingerprint density at radius 1 is 1.20 bits per heavy atom. The third-order valence-corrected chi connectivity index (χ3v) is 5.65. The topological polar surface area (TPSA) is 58.4 Å². The highest BCUT2D eigenvalue weighted by atomic mass is 35.5. The molecule has 0 amide bonds. The van der Waals surface area contributed by atoms with E-state index in [1.807, 2.05) is 38.4 Å². The van der Waals surface area contributed by atoms with E-state index in [2.05, 4.69) is 4.98 Å². The van der Waals surface area contributed by atoms with Crippen LogP contribution in [-0.4, -0.2) is 39.7 Å². The van der Waals surface area contributed by atoms with Gasteiger partial charge in [0.05, 0.1) is 16.2 Å². The van der Waals surface area contributed by atoms with Gasteiger partial charge in [0.25, 0.3) is 0 Å². The molecule has 25 heavy (non-hydrogen) atoms. The normalized spacial score (nSPS) is 25.6. The zero-order chi connectivity index (χ0) is 17.8. The van der Waals surface area contributed by atoms with E-state index >= 15 is 0 Å². The number of fused-ring (bicyclic) bond motifs is 1. The minimum Gasteiger partial charge on any atom is -0.398 e. The zero-order valence-corrected chi connectivity index (χ0v) is 15.8. The fraction of sp³-hybridized carbons (Fsp3) is 0.647. The molecule has 0 bridgehead atoms. The third kappa shape index (κ3) is 2.87. The molecular weight excluding hydrogens is 340 g/mol. The smallest absolute Gasteiger partial charge is 0.398 e. The van der Waals surface area contributed by atoms with Gasteiger partial charge in [0.2, 0.25) is 0 Å². The summed E-state index contributed by atoms with van der Waals surface area (Å²) < 4.78 is 20.1. The lowest BCUT2D eigenvalue weighted by Crippen LogP contribution is -2.41. The Labute approximate surface area is 152 Å². The second-order valence-electron chi connectivity index (χ2n) is 7.76. The molecule has 4 heterocycles. The van der Waals surface area contributed by atoms with E-state index in [-0.39, 0.29) is 6.23 Å². The Balaban J connectivity index is 1.80. The van der Waals surface area contributed by atoms with E-state index < -0.39 is 18.3 Å². The second-order valence-corrected chi connectivity index (χ2v) is 8.20. The monoisotopic (exact) mass is 363 g/mol. The van der Waals surface area contributed by atoms with Gasteiger partial charge in [0.15, 0.2) is 11.9 Å². The summed E-state index contributed by atoms with van der Waals surface area (Å²) in [6.45, 7) is 8.86. The summed E-state index contributed by atoms with van der Waals surface area (Å²) in [6, 6.07) is 1.87. The molecule has 0 saturated carbocycles. The molecule has 6 nitrogen and oxygen atoms in total. The van der Waals surface area contributed by atoms with Gasteiger partial charge < -0.3 is 14.0 Å². The van der Waals surface area contributed by atoms with Crippen molar-refractivity contribution in [2.24, 2.45) is 0 Å². The predicted molar refractivity (Wildman–Crippen MR) is 97.1 cm³/mol. The molecule has 1 atom stereocenters. The van der Waals surface area contributed by atoms with Crippen LogP contribution in [0.5, 0.6) is 0 Å². The standard InChI is InChI=1S/C17H23BClN3O3/c1-16(2)17(3,4)25-18(24-16)14-12-9-11(19)10-20-15(12)22(21-14)13-7-5-6-8-23-13/h9-10,13H,5-8H2,1-4H3. The number of halogens is 1. The van der Waals surface area contributed by atoms with Crippen LogP contribution in [0.15, 0.2) is 12.3 Å². The van der Waals surface area contributed by atoms with Crippen LogP contribution in [0.1, 0.15) is 53.2 Å². The maximum Gasteiger partial charge on any atom is 0.517 e. The maximum atomic E-state index is 6.19. The van der Waals surface area contributed by atoms with Gasteiger partial charge in [-0.1, -0.05) is 11.6 Å². The van der Waals surface area contributed by atoms with Gasteiger partial charge in [0, 0.05) is 18.2 Å². The van der Waals surface area contributed by atoms with Gasteiger partial charge in [-0.3, -0.25) is 0 Å². The van der Waals surface area contributed by atoms with Crippen LogP contribution in [0, 0.1) is 0 Å².